The van der Waals surface area contributed by atoms with E-state index in [0.29, 0.717) is 0 Å². The van der Waals surface area contributed by atoms with Crippen LogP contribution in [0.2, 0.25) is 0 Å². The van der Waals surface area contributed by atoms with Crippen molar-refractivity contribution in [2.45, 2.75) is 70.6 Å². The summed E-state index contributed by atoms with van der Waals surface area (Å²) in [4.78, 5) is 7.36. The molecule has 19 heavy (non-hydrogen) atoms. The molecule has 2 aliphatic heterocycles. The van der Waals surface area contributed by atoms with Crippen molar-refractivity contribution in [2.24, 2.45) is 0 Å². The fraction of sp³-hybridized carbons (Fsp3) is 0.800. The van der Waals surface area contributed by atoms with E-state index < -0.39 is 0 Å². The molecule has 2 saturated heterocycles. The van der Waals surface area contributed by atoms with E-state index in [2.05, 4.69) is 34.4 Å². The van der Waals surface area contributed by atoms with Crippen LogP contribution >= 0.6 is 11.3 Å². The van der Waals surface area contributed by atoms with E-state index >= 15 is 0 Å². The molecule has 2 aliphatic rings. The van der Waals surface area contributed by atoms with Gasteiger partial charge in [0.05, 0.1) is 6.54 Å². The molecule has 4 heteroatoms. The summed E-state index contributed by atoms with van der Waals surface area (Å²) in [5.74, 6) is 0. The third-order valence-electron chi connectivity index (χ3n) is 4.55. The number of nitrogens with one attached hydrogen (secondary N) is 1. The van der Waals surface area contributed by atoms with E-state index in [0.717, 1.165) is 24.7 Å². The van der Waals surface area contributed by atoms with Crippen molar-refractivity contribution in [3.63, 3.8) is 0 Å². The second kappa shape index (κ2) is 5.90. The molecule has 2 unspecified atom stereocenters. The molecule has 1 N–H and O–H groups in total. The molecule has 3 nitrogen and oxygen atoms in total. The zero-order valence-electron chi connectivity index (χ0n) is 12.1. The van der Waals surface area contributed by atoms with Gasteiger partial charge in [-0.1, -0.05) is 6.92 Å². The molecule has 3 heterocycles. The van der Waals surface area contributed by atoms with E-state index in [9.17, 15) is 0 Å². The molecule has 0 saturated carbocycles. The van der Waals surface area contributed by atoms with Gasteiger partial charge in [0, 0.05) is 29.2 Å². The Morgan fingerprint density at radius 2 is 2.11 bits per heavy atom. The smallest absolute Gasteiger partial charge is 0.107 e. The lowest BCUT2D eigenvalue weighted by atomic mass is 9.97. The van der Waals surface area contributed by atoms with Gasteiger partial charge in [0.1, 0.15) is 5.01 Å². The summed E-state index contributed by atoms with van der Waals surface area (Å²) >= 11 is 1.82. The third kappa shape index (κ3) is 3.01. The van der Waals surface area contributed by atoms with Gasteiger partial charge >= 0.3 is 0 Å². The van der Waals surface area contributed by atoms with Crippen LogP contribution in [0, 0.1) is 6.92 Å². The number of fused-ring (bicyclic) bond motifs is 2. The highest BCUT2D eigenvalue weighted by Crippen LogP contribution is 2.37. The maximum atomic E-state index is 4.63. The monoisotopic (exact) mass is 279 g/mol. The number of aromatic nitrogens is 1. The Labute approximate surface area is 120 Å². The minimum Gasteiger partial charge on any atom is -0.314 e. The van der Waals surface area contributed by atoms with Crippen LogP contribution in [0.1, 0.15) is 49.7 Å². The summed E-state index contributed by atoms with van der Waals surface area (Å²) in [5.41, 5.74) is 1.17. The van der Waals surface area contributed by atoms with E-state index in [4.69, 9.17) is 0 Å². The van der Waals surface area contributed by atoms with Gasteiger partial charge in [0.25, 0.3) is 0 Å². The number of hydrogen-bond acceptors (Lipinski definition) is 4. The molecule has 2 bridgehead atoms. The third-order valence-corrected chi connectivity index (χ3v) is 5.50. The number of piperidine rings is 1. The first-order chi connectivity index (χ1) is 9.26. The lowest BCUT2D eigenvalue weighted by Crippen LogP contribution is -2.48. The summed E-state index contributed by atoms with van der Waals surface area (Å²) in [7, 11) is 0. The quantitative estimate of drug-likeness (QED) is 0.898. The first-order valence-corrected chi connectivity index (χ1v) is 8.54. The fourth-order valence-corrected chi connectivity index (χ4v) is 4.46. The Kier molecular flexibility index (Phi) is 4.20. The summed E-state index contributed by atoms with van der Waals surface area (Å²) in [6.45, 7) is 6.60. The summed E-state index contributed by atoms with van der Waals surface area (Å²) in [5, 5.41) is 7.19. The predicted octanol–water partition coefficient (Wildman–Crippen LogP) is 2.95. The molecule has 1 aromatic heterocycles. The number of rotatable bonds is 5. The fourth-order valence-electron chi connectivity index (χ4n) is 3.68. The van der Waals surface area contributed by atoms with Crippen molar-refractivity contribution >= 4 is 11.3 Å². The standard InChI is InChI=1S/C15H25N3S/c1-3-6-16-12-7-13-4-5-14(8-12)18(13)9-15-17-11(2)10-19-15/h10,12-14,16H,3-9H2,1-2H3. The molecule has 0 spiro atoms. The molecule has 106 valence electrons. The van der Waals surface area contributed by atoms with Gasteiger partial charge < -0.3 is 5.32 Å². The zero-order chi connectivity index (χ0) is 13.2. The number of hydrogen-bond donors (Lipinski definition) is 1. The largest absolute Gasteiger partial charge is 0.314 e. The summed E-state index contributed by atoms with van der Waals surface area (Å²) in [6, 6.07) is 2.33. The van der Waals surface area contributed by atoms with Crippen LogP contribution in [-0.2, 0) is 6.54 Å². The molecule has 0 radical (unpaired) electrons. The Bertz CT molecular complexity index is 403. The first-order valence-electron chi connectivity index (χ1n) is 7.66. The van der Waals surface area contributed by atoms with Crippen molar-refractivity contribution in [1.82, 2.24) is 15.2 Å². The first kappa shape index (κ1) is 13.5. The Balaban J connectivity index is 1.60. The molecule has 1 aromatic rings. The van der Waals surface area contributed by atoms with Crippen LogP contribution in [0.15, 0.2) is 5.38 Å². The maximum Gasteiger partial charge on any atom is 0.107 e. The molecule has 0 amide bonds. The van der Waals surface area contributed by atoms with Crippen LogP contribution < -0.4 is 5.32 Å². The van der Waals surface area contributed by atoms with Crippen LogP contribution in [0.3, 0.4) is 0 Å². The van der Waals surface area contributed by atoms with Crippen molar-refractivity contribution < 1.29 is 0 Å². The minimum atomic E-state index is 0.756. The van der Waals surface area contributed by atoms with Crippen LogP contribution in [0.5, 0.6) is 0 Å². The van der Waals surface area contributed by atoms with E-state index in [1.54, 1.807) is 0 Å². The van der Waals surface area contributed by atoms with Gasteiger partial charge in [-0.15, -0.1) is 11.3 Å². The second-order valence-corrected chi connectivity index (χ2v) is 7.01. The highest BCUT2D eigenvalue weighted by atomic mass is 32.1. The van der Waals surface area contributed by atoms with Gasteiger partial charge in [-0.05, 0) is 45.6 Å². The van der Waals surface area contributed by atoms with Gasteiger partial charge in [0.15, 0.2) is 0 Å². The maximum absolute atomic E-state index is 4.63. The lowest BCUT2D eigenvalue weighted by molar-refractivity contribution is 0.109. The number of aryl methyl sites for hydroxylation is 1. The molecule has 2 fully saturated rings. The Morgan fingerprint density at radius 3 is 2.68 bits per heavy atom. The highest BCUT2D eigenvalue weighted by molar-refractivity contribution is 7.09. The molecule has 0 aromatic carbocycles. The average Bonchev–Trinajstić information content (AvgIpc) is 2.89. The van der Waals surface area contributed by atoms with Gasteiger partial charge in [-0.2, -0.15) is 0 Å². The van der Waals surface area contributed by atoms with Gasteiger partial charge in [-0.25, -0.2) is 4.98 Å². The van der Waals surface area contributed by atoms with Crippen molar-refractivity contribution in [2.75, 3.05) is 6.54 Å². The van der Waals surface area contributed by atoms with Crippen LogP contribution in [-0.4, -0.2) is 34.6 Å². The summed E-state index contributed by atoms with van der Waals surface area (Å²) in [6.07, 6.45) is 6.69. The molecule has 3 rings (SSSR count). The van der Waals surface area contributed by atoms with E-state index in [1.165, 1.54) is 49.4 Å². The van der Waals surface area contributed by atoms with Crippen molar-refractivity contribution in [1.29, 1.82) is 0 Å². The molecular weight excluding hydrogens is 254 g/mol. The van der Waals surface area contributed by atoms with Crippen LogP contribution in [0.4, 0.5) is 0 Å². The lowest BCUT2D eigenvalue weighted by Gasteiger charge is -2.38. The molecule has 0 aliphatic carbocycles. The topological polar surface area (TPSA) is 28.2 Å². The Morgan fingerprint density at radius 1 is 1.37 bits per heavy atom. The Hall–Kier alpha value is -0.450. The van der Waals surface area contributed by atoms with Gasteiger partial charge in [-0.3, -0.25) is 4.90 Å². The highest BCUT2D eigenvalue weighted by Gasteiger charge is 2.40. The second-order valence-electron chi connectivity index (χ2n) is 6.06. The zero-order valence-corrected chi connectivity index (χ0v) is 12.9. The predicted molar refractivity (Wildman–Crippen MR) is 80.5 cm³/mol. The normalized spacial score (nSPS) is 30.9. The molecular formula is C15H25N3S. The number of thiazole rings is 1. The summed E-state index contributed by atoms with van der Waals surface area (Å²) < 4.78 is 0. The number of nitrogens with zero attached hydrogens (tertiary/aromatic N) is 2. The van der Waals surface area contributed by atoms with Crippen LogP contribution in [0.25, 0.3) is 0 Å². The van der Waals surface area contributed by atoms with E-state index in [1.807, 2.05) is 11.3 Å². The van der Waals surface area contributed by atoms with Gasteiger partial charge in [0.2, 0.25) is 0 Å². The van der Waals surface area contributed by atoms with E-state index in [-0.39, 0.29) is 0 Å². The van der Waals surface area contributed by atoms with Crippen molar-refractivity contribution in [3.8, 4) is 0 Å². The minimum absolute atomic E-state index is 0.756. The van der Waals surface area contributed by atoms with Crippen molar-refractivity contribution in [3.05, 3.63) is 16.1 Å². The SMILES string of the molecule is CCCNC1CC2CCC(C1)N2Cc1nc(C)cs1. The molecule has 2 atom stereocenters. The average molecular weight is 279 g/mol.